The fraction of sp³-hybridized carbons (Fsp3) is 0.583. The van der Waals surface area contributed by atoms with Crippen LogP contribution in [0, 0.1) is 24.7 Å². The molecule has 0 radical (unpaired) electrons. The second kappa shape index (κ2) is 8.62. The summed E-state index contributed by atoms with van der Waals surface area (Å²) in [7, 11) is 1.80. The maximum absolute atomic E-state index is 11.5. The first kappa shape index (κ1) is 22.0. The van der Waals surface area contributed by atoms with E-state index < -0.39 is 5.97 Å². The maximum atomic E-state index is 11.5. The fourth-order valence-corrected chi connectivity index (χ4v) is 5.57. The predicted octanol–water partition coefficient (Wildman–Crippen LogP) is 3.29. The molecule has 0 aliphatic heterocycles. The molecule has 0 aromatic carbocycles. The Kier molecular flexibility index (Phi) is 5.42. The van der Waals surface area contributed by atoms with E-state index in [1.54, 1.807) is 11.7 Å². The van der Waals surface area contributed by atoms with Crippen molar-refractivity contribution in [2.75, 3.05) is 0 Å². The van der Waals surface area contributed by atoms with Crippen LogP contribution in [-0.4, -0.2) is 47.3 Å². The van der Waals surface area contributed by atoms with Gasteiger partial charge in [-0.15, -0.1) is 5.10 Å². The van der Waals surface area contributed by atoms with E-state index in [2.05, 4.69) is 20.5 Å². The maximum Gasteiger partial charge on any atom is 0.354 e. The SMILES string of the molecule is Cc1nc(-c2nnn(C)c2COc2noc(C3CC3)n2)ccc1O[C@@H]1C[C@@H]2CC[C@H](C(=O)O)[C@@H]2C1. The lowest BCUT2D eigenvalue weighted by atomic mass is 9.92. The van der Waals surface area contributed by atoms with E-state index in [1.807, 2.05) is 19.1 Å². The predicted molar refractivity (Wildman–Crippen MR) is 121 cm³/mol. The Morgan fingerprint density at radius 1 is 1.20 bits per heavy atom. The number of aromatic nitrogens is 6. The van der Waals surface area contributed by atoms with Gasteiger partial charge in [0, 0.05) is 13.0 Å². The normalized spacial score (nSPS) is 25.5. The third kappa shape index (κ3) is 4.23. The second-order valence-corrected chi connectivity index (χ2v) is 9.92. The third-order valence-corrected chi connectivity index (χ3v) is 7.59. The van der Waals surface area contributed by atoms with Gasteiger partial charge in [-0.25, -0.2) is 9.67 Å². The van der Waals surface area contributed by atoms with Crippen molar-refractivity contribution in [2.45, 2.75) is 64.1 Å². The van der Waals surface area contributed by atoms with E-state index in [0.29, 0.717) is 34.9 Å². The number of hydrogen-bond acceptors (Lipinski definition) is 9. The molecule has 11 nitrogen and oxygen atoms in total. The van der Waals surface area contributed by atoms with Crippen LogP contribution >= 0.6 is 0 Å². The molecule has 3 aromatic heterocycles. The summed E-state index contributed by atoms with van der Waals surface area (Å²) in [5.41, 5.74) is 2.78. The first-order chi connectivity index (χ1) is 17.0. The summed E-state index contributed by atoms with van der Waals surface area (Å²) in [6.07, 6.45) is 5.62. The topological polar surface area (TPSA) is 138 Å². The Morgan fingerprint density at radius 2 is 2.06 bits per heavy atom. The minimum atomic E-state index is -0.674. The molecule has 3 aliphatic rings. The van der Waals surface area contributed by atoms with E-state index >= 15 is 0 Å². The fourth-order valence-electron chi connectivity index (χ4n) is 5.57. The summed E-state index contributed by atoms with van der Waals surface area (Å²) in [4.78, 5) is 20.6. The largest absolute Gasteiger partial charge is 0.489 e. The van der Waals surface area contributed by atoms with Crippen molar-refractivity contribution >= 4 is 5.97 Å². The van der Waals surface area contributed by atoms with Crippen molar-refractivity contribution in [1.82, 2.24) is 30.1 Å². The van der Waals surface area contributed by atoms with Gasteiger partial charge in [-0.3, -0.25) is 4.79 Å². The Bertz CT molecular complexity index is 1250. The Balaban J connectivity index is 1.14. The number of ether oxygens (including phenoxy) is 2. The molecular weight excluding hydrogens is 452 g/mol. The molecule has 0 amide bonds. The van der Waals surface area contributed by atoms with Gasteiger partial charge in [0.2, 0.25) is 5.89 Å². The number of hydrogen-bond donors (Lipinski definition) is 1. The number of nitrogens with zero attached hydrogens (tertiary/aromatic N) is 6. The molecule has 6 rings (SSSR count). The van der Waals surface area contributed by atoms with E-state index in [4.69, 9.17) is 19.0 Å². The molecule has 1 N–H and O–H groups in total. The van der Waals surface area contributed by atoms with Gasteiger partial charge in [-0.1, -0.05) is 5.21 Å². The number of pyridine rings is 1. The molecule has 0 bridgehead atoms. The van der Waals surface area contributed by atoms with Gasteiger partial charge in [0.15, 0.2) is 0 Å². The average Bonchev–Trinajstić information content (AvgIpc) is 3.12. The van der Waals surface area contributed by atoms with Crippen LogP contribution in [0.3, 0.4) is 0 Å². The molecule has 0 spiro atoms. The van der Waals surface area contributed by atoms with Crippen LogP contribution < -0.4 is 9.47 Å². The average molecular weight is 481 g/mol. The molecule has 3 heterocycles. The quantitative estimate of drug-likeness (QED) is 0.511. The highest BCUT2D eigenvalue weighted by molar-refractivity contribution is 5.71. The van der Waals surface area contributed by atoms with Crippen molar-refractivity contribution in [2.24, 2.45) is 24.8 Å². The number of fused-ring (bicyclic) bond motifs is 1. The lowest BCUT2D eigenvalue weighted by Gasteiger charge is -2.18. The molecule has 3 aliphatic carbocycles. The van der Waals surface area contributed by atoms with Crippen LogP contribution in [-0.2, 0) is 18.4 Å². The minimum absolute atomic E-state index is 0.0227. The van der Waals surface area contributed by atoms with E-state index in [-0.39, 0.29) is 30.6 Å². The molecule has 35 heavy (non-hydrogen) atoms. The monoisotopic (exact) mass is 480 g/mol. The Morgan fingerprint density at radius 3 is 2.83 bits per heavy atom. The van der Waals surface area contributed by atoms with Crippen molar-refractivity contribution in [1.29, 1.82) is 0 Å². The van der Waals surface area contributed by atoms with E-state index in [9.17, 15) is 9.90 Å². The highest BCUT2D eigenvalue weighted by Gasteiger charge is 2.47. The number of aliphatic carboxylic acids is 1. The van der Waals surface area contributed by atoms with Crippen LogP contribution in [0.25, 0.3) is 11.4 Å². The number of carboxylic acid groups (broad SMARTS) is 1. The first-order valence-corrected chi connectivity index (χ1v) is 12.2. The van der Waals surface area contributed by atoms with Crippen LogP contribution in [0.1, 0.15) is 61.7 Å². The van der Waals surface area contributed by atoms with Gasteiger partial charge in [0.1, 0.15) is 23.7 Å². The molecule has 184 valence electrons. The van der Waals surface area contributed by atoms with Gasteiger partial charge in [-0.05, 0) is 74.6 Å². The standard InChI is InChI=1S/C24H28N6O5/c1-12-20(34-15-9-14-5-6-16(23(31)32)17(14)10-15)8-7-18(25-12)21-19(30(2)29-27-21)11-33-24-26-22(35-28-24)13-3-4-13/h7-8,13-17H,3-6,9-11H2,1-2H3,(H,31,32)/t14-,15+,16-,17+/m0/s1. The van der Waals surface area contributed by atoms with Crippen molar-refractivity contribution in [3.8, 4) is 23.1 Å². The highest BCUT2D eigenvalue weighted by Crippen LogP contribution is 2.48. The van der Waals surface area contributed by atoms with Crippen LogP contribution in [0.5, 0.6) is 11.8 Å². The summed E-state index contributed by atoms with van der Waals surface area (Å²) < 4.78 is 18.9. The Labute approximate surface area is 201 Å². The number of carboxylic acids is 1. The zero-order valence-corrected chi connectivity index (χ0v) is 19.8. The lowest BCUT2D eigenvalue weighted by Crippen LogP contribution is -2.21. The molecule has 3 fully saturated rings. The molecule has 11 heteroatoms. The molecule has 4 atom stereocenters. The van der Waals surface area contributed by atoms with Gasteiger partial charge in [0.25, 0.3) is 0 Å². The lowest BCUT2D eigenvalue weighted by molar-refractivity contribution is -0.143. The third-order valence-electron chi connectivity index (χ3n) is 7.59. The van der Waals surface area contributed by atoms with E-state index in [1.165, 1.54) is 0 Å². The molecule has 0 unspecified atom stereocenters. The van der Waals surface area contributed by atoms with Gasteiger partial charge >= 0.3 is 12.0 Å². The van der Waals surface area contributed by atoms with Gasteiger partial charge < -0.3 is 19.1 Å². The number of carbonyl (C=O) groups is 1. The summed E-state index contributed by atoms with van der Waals surface area (Å²) in [5, 5.41) is 21.8. The van der Waals surface area contributed by atoms with Gasteiger partial charge in [0.05, 0.1) is 23.4 Å². The van der Waals surface area contributed by atoms with Crippen molar-refractivity contribution in [3.05, 3.63) is 29.4 Å². The van der Waals surface area contributed by atoms with Crippen LogP contribution in [0.4, 0.5) is 0 Å². The number of rotatable bonds is 8. The summed E-state index contributed by atoms with van der Waals surface area (Å²) in [6, 6.07) is 3.98. The minimum Gasteiger partial charge on any atom is -0.489 e. The van der Waals surface area contributed by atoms with Gasteiger partial charge in [-0.2, -0.15) is 4.98 Å². The van der Waals surface area contributed by atoms with Crippen LogP contribution in [0.2, 0.25) is 0 Å². The molecule has 0 saturated heterocycles. The zero-order chi connectivity index (χ0) is 24.1. The molecular formula is C24H28N6O5. The smallest absolute Gasteiger partial charge is 0.354 e. The molecule has 3 saturated carbocycles. The molecule has 3 aromatic rings. The van der Waals surface area contributed by atoms with Crippen molar-refractivity contribution in [3.63, 3.8) is 0 Å². The van der Waals surface area contributed by atoms with Crippen LogP contribution in [0.15, 0.2) is 16.7 Å². The zero-order valence-electron chi connectivity index (χ0n) is 19.8. The summed E-state index contributed by atoms with van der Waals surface area (Å²) >= 11 is 0. The highest BCUT2D eigenvalue weighted by atomic mass is 16.6. The second-order valence-electron chi connectivity index (χ2n) is 9.92. The summed E-state index contributed by atoms with van der Waals surface area (Å²) in [5.74, 6) is 1.45. The number of aryl methyl sites for hydroxylation is 2. The Hall–Kier alpha value is -3.50. The van der Waals surface area contributed by atoms with E-state index in [0.717, 1.165) is 49.9 Å². The van der Waals surface area contributed by atoms with Crippen molar-refractivity contribution < 1.29 is 23.9 Å². The first-order valence-electron chi connectivity index (χ1n) is 12.2. The summed E-state index contributed by atoms with van der Waals surface area (Å²) in [6.45, 7) is 2.08.